The van der Waals surface area contributed by atoms with Crippen molar-refractivity contribution >= 4 is 29.4 Å². The Labute approximate surface area is 145 Å². The first kappa shape index (κ1) is 18.1. The van der Waals surface area contributed by atoms with Gasteiger partial charge in [0.15, 0.2) is 6.61 Å². The summed E-state index contributed by atoms with van der Waals surface area (Å²) in [5, 5.41) is 0.229. The Kier molecular flexibility index (Phi) is 6.03. The summed E-state index contributed by atoms with van der Waals surface area (Å²) in [5.74, 6) is -0.343. The van der Waals surface area contributed by atoms with Crippen LogP contribution in [-0.4, -0.2) is 67.5 Å². The van der Waals surface area contributed by atoms with Gasteiger partial charge in [-0.2, -0.15) is 0 Å². The third kappa shape index (κ3) is 4.38. The molecule has 130 valence electrons. The van der Waals surface area contributed by atoms with Crippen LogP contribution in [0.2, 0.25) is 5.02 Å². The van der Waals surface area contributed by atoms with Gasteiger partial charge < -0.3 is 19.3 Å². The lowest BCUT2D eigenvalue weighted by molar-refractivity contribution is -0.139. The summed E-state index contributed by atoms with van der Waals surface area (Å²) >= 11 is 6.05. The molecule has 0 atom stereocenters. The largest absolute Gasteiger partial charge is 0.482 e. The number of benzene rings is 1. The molecule has 2 rings (SSSR count). The minimum Gasteiger partial charge on any atom is -0.482 e. The van der Waals surface area contributed by atoms with Gasteiger partial charge in [0.25, 0.3) is 5.91 Å². The molecule has 7 nitrogen and oxygen atoms in total. The van der Waals surface area contributed by atoms with E-state index in [0.717, 1.165) is 0 Å². The first-order valence-corrected chi connectivity index (χ1v) is 7.84. The van der Waals surface area contributed by atoms with E-state index in [2.05, 4.69) is 4.74 Å². The molecule has 0 unspecified atom stereocenters. The molecule has 1 aliphatic rings. The second kappa shape index (κ2) is 8.01. The molecule has 0 aliphatic carbocycles. The Morgan fingerprint density at radius 2 is 1.75 bits per heavy atom. The zero-order chi connectivity index (χ0) is 17.7. The molecule has 0 bridgehead atoms. The van der Waals surface area contributed by atoms with Crippen LogP contribution in [0.15, 0.2) is 18.2 Å². The maximum atomic E-state index is 12.2. The second-order valence-electron chi connectivity index (χ2n) is 5.31. The minimum absolute atomic E-state index is 0.0100. The maximum absolute atomic E-state index is 12.2. The summed E-state index contributed by atoms with van der Waals surface area (Å²) in [6, 6.07) is 4.47. The lowest BCUT2D eigenvalue weighted by Gasteiger charge is -2.34. The third-order valence-electron chi connectivity index (χ3n) is 3.78. The van der Waals surface area contributed by atoms with Crippen molar-refractivity contribution in [1.82, 2.24) is 9.80 Å². The van der Waals surface area contributed by atoms with Gasteiger partial charge in [0.1, 0.15) is 5.75 Å². The van der Waals surface area contributed by atoms with Crippen molar-refractivity contribution in [2.24, 2.45) is 0 Å². The molecule has 8 heteroatoms. The molecule has 0 aromatic heterocycles. The molecule has 0 N–H and O–H groups in total. The third-order valence-corrected chi connectivity index (χ3v) is 4.08. The normalized spacial score (nSPS) is 14.3. The van der Waals surface area contributed by atoms with Gasteiger partial charge in [-0.05, 0) is 18.2 Å². The zero-order valence-corrected chi connectivity index (χ0v) is 14.3. The van der Waals surface area contributed by atoms with Crippen LogP contribution < -0.4 is 4.74 Å². The van der Waals surface area contributed by atoms with E-state index in [-0.39, 0.29) is 23.4 Å². The van der Waals surface area contributed by atoms with E-state index < -0.39 is 5.97 Å². The van der Waals surface area contributed by atoms with Gasteiger partial charge in [0.2, 0.25) is 5.91 Å². The highest BCUT2D eigenvalue weighted by atomic mass is 35.5. The van der Waals surface area contributed by atoms with Crippen LogP contribution in [0.25, 0.3) is 0 Å². The summed E-state index contributed by atoms with van der Waals surface area (Å²) in [4.78, 5) is 38.2. The molecule has 0 saturated carbocycles. The monoisotopic (exact) mass is 354 g/mol. The number of carbonyl (C=O) groups excluding carboxylic acids is 3. The van der Waals surface area contributed by atoms with Gasteiger partial charge >= 0.3 is 5.97 Å². The highest BCUT2D eigenvalue weighted by Crippen LogP contribution is 2.25. The summed E-state index contributed by atoms with van der Waals surface area (Å²) in [6.45, 7) is 3.37. The van der Waals surface area contributed by atoms with Gasteiger partial charge in [0, 0.05) is 33.1 Å². The number of hydrogen-bond donors (Lipinski definition) is 0. The van der Waals surface area contributed by atoms with Gasteiger partial charge in [-0.25, -0.2) is 4.79 Å². The Hall–Kier alpha value is -2.28. The van der Waals surface area contributed by atoms with Crippen molar-refractivity contribution < 1.29 is 23.9 Å². The SMILES string of the molecule is COC(=O)c1ccc(OCC(=O)N2CCN(C(C)=O)CC2)c(Cl)c1. The van der Waals surface area contributed by atoms with Crippen molar-refractivity contribution in [2.45, 2.75) is 6.92 Å². The topological polar surface area (TPSA) is 76.2 Å². The van der Waals surface area contributed by atoms with Gasteiger partial charge in [0.05, 0.1) is 17.7 Å². The average Bonchev–Trinajstić information content (AvgIpc) is 2.59. The van der Waals surface area contributed by atoms with E-state index >= 15 is 0 Å². The van der Waals surface area contributed by atoms with Gasteiger partial charge in [-0.1, -0.05) is 11.6 Å². The Morgan fingerprint density at radius 1 is 1.12 bits per heavy atom. The summed E-state index contributed by atoms with van der Waals surface area (Å²) < 4.78 is 10.0. The van der Waals surface area contributed by atoms with E-state index in [0.29, 0.717) is 37.5 Å². The lowest BCUT2D eigenvalue weighted by atomic mass is 10.2. The standard InChI is InChI=1S/C16H19ClN2O5/c1-11(20)18-5-7-19(8-6-18)15(21)10-24-14-4-3-12(9-13(14)17)16(22)23-2/h3-4,9H,5-8,10H2,1-2H3. The van der Waals surface area contributed by atoms with Crippen LogP contribution in [0.4, 0.5) is 0 Å². The first-order valence-electron chi connectivity index (χ1n) is 7.46. The van der Waals surface area contributed by atoms with E-state index in [1.54, 1.807) is 9.80 Å². The molecule has 0 radical (unpaired) electrons. The predicted molar refractivity (Wildman–Crippen MR) is 87.1 cm³/mol. The summed E-state index contributed by atoms with van der Waals surface area (Å²) in [7, 11) is 1.28. The molecule has 1 aromatic rings. The highest BCUT2D eigenvalue weighted by molar-refractivity contribution is 6.32. The van der Waals surface area contributed by atoms with Crippen LogP contribution in [-0.2, 0) is 14.3 Å². The van der Waals surface area contributed by atoms with Crippen molar-refractivity contribution in [3.63, 3.8) is 0 Å². The number of amides is 2. The number of rotatable bonds is 4. The van der Waals surface area contributed by atoms with E-state index in [1.807, 2.05) is 0 Å². The molecule has 0 spiro atoms. The van der Waals surface area contributed by atoms with Gasteiger partial charge in [-0.15, -0.1) is 0 Å². The van der Waals surface area contributed by atoms with Crippen LogP contribution >= 0.6 is 11.6 Å². The number of halogens is 1. The maximum Gasteiger partial charge on any atom is 0.337 e. The van der Waals surface area contributed by atoms with Crippen molar-refractivity contribution in [2.75, 3.05) is 39.9 Å². The van der Waals surface area contributed by atoms with Crippen LogP contribution in [0.1, 0.15) is 17.3 Å². The quantitative estimate of drug-likeness (QED) is 0.759. The first-order chi connectivity index (χ1) is 11.4. The Balaban J connectivity index is 1.88. The number of carbonyl (C=O) groups is 3. The zero-order valence-electron chi connectivity index (χ0n) is 13.6. The molecule has 1 fully saturated rings. The minimum atomic E-state index is -0.497. The number of methoxy groups -OCH3 is 1. The Morgan fingerprint density at radius 3 is 2.29 bits per heavy atom. The van der Waals surface area contributed by atoms with Crippen molar-refractivity contribution in [3.8, 4) is 5.75 Å². The highest BCUT2D eigenvalue weighted by Gasteiger charge is 2.22. The fraction of sp³-hybridized carbons (Fsp3) is 0.438. The van der Waals surface area contributed by atoms with Crippen LogP contribution in [0.5, 0.6) is 5.75 Å². The van der Waals surface area contributed by atoms with E-state index in [4.69, 9.17) is 16.3 Å². The van der Waals surface area contributed by atoms with Gasteiger partial charge in [-0.3, -0.25) is 9.59 Å². The molecule has 2 amide bonds. The number of piperazine rings is 1. The van der Waals surface area contributed by atoms with Crippen LogP contribution in [0.3, 0.4) is 0 Å². The average molecular weight is 355 g/mol. The summed E-state index contributed by atoms with van der Waals surface area (Å²) in [5.41, 5.74) is 0.307. The fourth-order valence-electron chi connectivity index (χ4n) is 2.36. The second-order valence-corrected chi connectivity index (χ2v) is 5.72. The predicted octanol–water partition coefficient (Wildman–Crippen LogP) is 1.20. The molecule has 1 aromatic carbocycles. The number of nitrogens with zero attached hydrogens (tertiary/aromatic N) is 2. The Bertz CT molecular complexity index is 641. The van der Waals surface area contributed by atoms with E-state index in [9.17, 15) is 14.4 Å². The van der Waals surface area contributed by atoms with Crippen LogP contribution in [0, 0.1) is 0 Å². The molecule has 1 saturated heterocycles. The molecular weight excluding hydrogens is 336 g/mol. The molecule has 24 heavy (non-hydrogen) atoms. The number of ether oxygens (including phenoxy) is 2. The lowest BCUT2D eigenvalue weighted by Crippen LogP contribution is -2.51. The molecule has 1 heterocycles. The smallest absolute Gasteiger partial charge is 0.337 e. The van der Waals surface area contributed by atoms with Crippen molar-refractivity contribution in [1.29, 1.82) is 0 Å². The number of hydrogen-bond acceptors (Lipinski definition) is 5. The number of esters is 1. The molecular formula is C16H19ClN2O5. The fourth-order valence-corrected chi connectivity index (χ4v) is 2.60. The molecule has 1 aliphatic heterocycles. The van der Waals surface area contributed by atoms with Crippen molar-refractivity contribution in [3.05, 3.63) is 28.8 Å². The van der Waals surface area contributed by atoms with E-state index in [1.165, 1.54) is 32.2 Å². The summed E-state index contributed by atoms with van der Waals surface area (Å²) in [6.07, 6.45) is 0.